The molecule has 0 spiro atoms. The summed E-state index contributed by atoms with van der Waals surface area (Å²) in [5, 5.41) is 0. The molecule has 0 aliphatic carbocycles. The van der Waals surface area contributed by atoms with Gasteiger partial charge < -0.3 is 4.74 Å². The Morgan fingerprint density at radius 1 is 1.36 bits per heavy atom. The molecule has 76 valence electrons. The van der Waals surface area contributed by atoms with Crippen LogP contribution in [0.5, 0.6) is 0 Å². The summed E-state index contributed by atoms with van der Waals surface area (Å²) < 4.78 is 6.04. The van der Waals surface area contributed by atoms with Gasteiger partial charge in [0.1, 0.15) is 0 Å². The van der Waals surface area contributed by atoms with Crippen LogP contribution in [-0.2, 0) is 4.74 Å². The maximum absolute atomic E-state index is 11.6. The van der Waals surface area contributed by atoms with Gasteiger partial charge in [0.05, 0.1) is 0 Å². The van der Waals surface area contributed by atoms with Gasteiger partial charge in [-0.1, -0.05) is 12.1 Å². The lowest BCUT2D eigenvalue weighted by molar-refractivity contribution is 0.0963. The number of methoxy groups -OCH3 is 1. The summed E-state index contributed by atoms with van der Waals surface area (Å²) in [7, 11) is 1.65. The van der Waals surface area contributed by atoms with Gasteiger partial charge in [-0.2, -0.15) is 0 Å². The van der Waals surface area contributed by atoms with E-state index >= 15 is 0 Å². The number of rotatable bonds is 5. The molecule has 14 heavy (non-hydrogen) atoms. The third-order valence-electron chi connectivity index (χ3n) is 1.92. The van der Waals surface area contributed by atoms with Crippen LogP contribution in [0, 0.1) is 3.57 Å². The Balaban J connectivity index is 2.48. The van der Waals surface area contributed by atoms with E-state index < -0.39 is 0 Å². The average molecular weight is 304 g/mol. The van der Waals surface area contributed by atoms with Gasteiger partial charge >= 0.3 is 0 Å². The smallest absolute Gasteiger partial charge is 0.162 e. The zero-order chi connectivity index (χ0) is 10.4. The quantitative estimate of drug-likeness (QED) is 0.475. The molecule has 3 heteroatoms. The van der Waals surface area contributed by atoms with Gasteiger partial charge in [0.15, 0.2) is 5.78 Å². The fourth-order valence-electron chi connectivity index (χ4n) is 1.16. The zero-order valence-electron chi connectivity index (χ0n) is 8.13. The van der Waals surface area contributed by atoms with Gasteiger partial charge in [0.25, 0.3) is 0 Å². The van der Waals surface area contributed by atoms with E-state index in [1.165, 1.54) is 0 Å². The maximum Gasteiger partial charge on any atom is 0.162 e. The van der Waals surface area contributed by atoms with Crippen molar-refractivity contribution in [2.24, 2.45) is 0 Å². The number of benzene rings is 1. The number of carbonyl (C=O) groups excluding carboxylic acids is 1. The van der Waals surface area contributed by atoms with Crippen molar-refractivity contribution in [2.75, 3.05) is 13.7 Å². The second kappa shape index (κ2) is 6.14. The van der Waals surface area contributed by atoms with Crippen molar-refractivity contribution in [3.63, 3.8) is 0 Å². The van der Waals surface area contributed by atoms with E-state index in [1.807, 2.05) is 24.3 Å². The number of halogens is 1. The van der Waals surface area contributed by atoms with E-state index in [-0.39, 0.29) is 5.78 Å². The van der Waals surface area contributed by atoms with E-state index in [4.69, 9.17) is 4.74 Å². The van der Waals surface area contributed by atoms with Crippen LogP contribution in [0.25, 0.3) is 0 Å². The molecule has 1 aromatic carbocycles. The maximum atomic E-state index is 11.6. The molecule has 0 heterocycles. The summed E-state index contributed by atoms with van der Waals surface area (Å²) in [6.45, 7) is 0.649. The first kappa shape index (κ1) is 11.7. The number of ether oxygens (including phenoxy) is 1. The highest BCUT2D eigenvalue weighted by Crippen LogP contribution is 2.09. The molecular formula is C11H13IO2. The number of hydrogen-bond acceptors (Lipinski definition) is 2. The van der Waals surface area contributed by atoms with Crippen LogP contribution in [0.4, 0.5) is 0 Å². The molecule has 0 radical (unpaired) electrons. The predicted molar refractivity (Wildman–Crippen MR) is 64.6 cm³/mol. The monoisotopic (exact) mass is 304 g/mol. The highest BCUT2D eigenvalue weighted by atomic mass is 127. The lowest BCUT2D eigenvalue weighted by Crippen LogP contribution is -2.01. The molecule has 0 unspecified atom stereocenters. The first-order valence-electron chi connectivity index (χ1n) is 4.51. The van der Waals surface area contributed by atoms with E-state index in [9.17, 15) is 4.79 Å². The van der Waals surface area contributed by atoms with Crippen molar-refractivity contribution in [3.05, 3.63) is 33.4 Å². The molecule has 0 atom stereocenters. The summed E-state index contributed by atoms with van der Waals surface area (Å²) in [6, 6.07) is 7.64. The van der Waals surface area contributed by atoms with Crippen LogP contribution in [0.15, 0.2) is 24.3 Å². The molecule has 0 fully saturated rings. The van der Waals surface area contributed by atoms with Crippen LogP contribution in [0.1, 0.15) is 23.2 Å². The van der Waals surface area contributed by atoms with E-state index in [0.29, 0.717) is 13.0 Å². The lowest BCUT2D eigenvalue weighted by atomic mass is 10.1. The third-order valence-corrected chi connectivity index (χ3v) is 2.64. The van der Waals surface area contributed by atoms with Gasteiger partial charge in [0, 0.05) is 29.3 Å². The minimum atomic E-state index is 0.193. The third kappa shape index (κ3) is 3.75. The fraction of sp³-hybridized carbons (Fsp3) is 0.364. The van der Waals surface area contributed by atoms with E-state index in [0.717, 1.165) is 15.6 Å². The van der Waals surface area contributed by atoms with Crippen molar-refractivity contribution >= 4 is 28.4 Å². The van der Waals surface area contributed by atoms with Crippen molar-refractivity contribution in [1.29, 1.82) is 0 Å². The van der Waals surface area contributed by atoms with Gasteiger partial charge in [-0.15, -0.1) is 0 Å². The normalized spacial score (nSPS) is 10.1. The van der Waals surface area contributed by atoms with Crippen LogP contribution >= 0.6 is 22.6 Å². The largest absolute Gasteiger partial charge is 0.385 e. The molecule has 0 aliphatic heterocycles. The van der Waals surface area contributed by atoms with E-state index in [1.54, 1.807) is 7.11 Å². The Kier molecular flexibility index (Phi) is 5.11. The molecule has 0 aromatic heterocycles. The molecule has 1 aromatic rings. The first-order chi connectivity index (χ1) is 6.74. The van der Waals surface area contributed by atoms with Gasteiger partial charge in [-0.05, 0) is 41.1 Å². The van der Waals surface area contributed by atoms with Gasteiger partial charge in [0.2, 0.25) is 0 Å². The average Bonchev–Trinajstić information content (AvgIpc) is 2.19. The minimum Gasteiger partial charge on any atom is -0.385 e. The lowest BCUT2D eigenvalue weighted by Gasteiger charge is -2.00. The van der Waals surface area contributed by atoms with Crippen molar-refractivity contribution in [2.45, 2.75) is 12.8 Å². The summed E-state index contributed by atoms with van der Waals surface area (Å²) in [6.07, 6.45) is 1.36. The Bertz CT molecular complexity index is 293. The van der Waals surface area contributed by atoms with Crippen molar-refractivity contribution < 1.29 is 9.53 Å². The summed E-state index contributed by atoms with van der Waals surface area (Å²) in [5.74, 6) is 0.193. The molecule has 0 saturated heterocycles. The molecule has 1 rings (SSSR count). The highest BCUT2D eigenvalue weighted by Gasteiger charge is 2.04. The Hall–Kier alpha value is -0.420. The van der Waals surface area contributed by atoms with Crippen molar-refractivity contribution in [3.8, 4) is 0 Å². The van der Waals surface area contributed by atoms with Crippen LogP contribution in [-0.4, -0.2) is 19.5 Å². The number of hydrogen-bond donors (Lipinski definition) is 0. The summed E-state index contributed by atoms with van der Waals surface area (Å²) in [4.78, 5) is 11.6. The molecule has 0 N–H and O–H groups in total. The Labute approximate surface area is 97.8 Å². The van der Waals surface area contributed by atoms with Crippen LogP contribution in [0.2, 0.25) is 0 Å². The SMILES string of the molecule is COCCCC(=O)c1ccc(I)cc1. The second-order valence-electron chi connectivity index (χ2n) is 3.03. The molecule has 2 nitrogen and oxygen atoms in total. The molecule has 0 saturated carbocycles. The van der Waals surface area contributed by atoms with Gasteiger partial charge in [-0.3, -0.25) is 4.79 Å². The fourth-order valence-corrected chi connectivity index (χ4v) is 1.52. The van der Waals surface area contributed by atoms with Crippen LogP contribution < -0.4 is 0 Å². The topological polar surface area (TPSA) is 26.3 Å². The Morgan fingerprint density at radius 3 is 2.57 bits per heavy atom. The zero-order valence-corrected chi connectivity index (χ0v) is 10.3. The molecular weight excluding hydrogens is 291 g/mol. The minimum absolute atomic E-state index is 0.193. The first-order valence-corrected chi connectivity index (χ1v) is 5.59. The van der Waals surface area contributed by atoms with Crippen LogP contribution in [0.3, 0.4) is 0 Å². The number of Topliss-reactive ketones (excluding diaryl/α,β-unsaturated/α-hetero) is 1. The van der Waals surface area contributed by atoms with E-state index in [2.05, 4.69) is 22.6 Å². The van der Waals surface area contributed by atoms with Crippen molar-refractivity contribution in [1.82, 2.24) is 0 Å². The standard InChI is InChI=1S/C11H13IO2/c1-14-8-2-3-11(13)9-4-6-10(12)7-5-9/h4-7H,2-3,8H2,1H3. The summed E-state index contributed by atoms with van der Waals surface area (Å²) in [5.41, 5.74) is 0.793. The molecule has 0 amide bonds. The molecule has 0 bridgehead atoms. The number of ketones is 1. The summed E-state index contributed by atoms with van der Waals surface area (Å²) >= 11 is 2.22. The Morgan fingerprint density at radius 2 is 2.00 bits per heavy atom. The molecule has 0 aliphatic rings. The number of carbonyl (C=O) groups is 1. The predicted octanol–water partition coefficient (Wildman–Crippen LogP) is 2.90. The highest BCUT2D eigenvalue weighted by molar-refractivity contribution is 14.1. The second-order valence-corrected chi connectivity index (χ2v) is 4.27. The van der Waals surface area contributed by atoms with Gasteiger partial charge in [-0.25, -0.2) is 0 Å².